The molecule has 42 heavy (non-hydrogen) atoms. The molecule has 0 saturated carbocycles. The minimum Gasteiger partial charge on any atom is -0.507 e. The third-order valence-corrected chi connectivity index (χ3v) is 8.31. The van der Waals surface area contributed by atoms with Gasteiger partial charge in [-0.3, -0.25) is 14.6 Å². The molecule has 8 heteroatoms. The number of aromatic amines is 1. The molecular formula is C34H30FN3O4. The molecule has 0 atom stereocenters. The first kappa shape index (κ1) is 27.2. The Hall–Kier alpha value is -4.98. The van der Waals surface area contributed by atoms with Crippen molar-refractivity contribution in [3.05, 3.63) is 108 Å². The van der Waals surface area contributed by atoms with Gasteiger partial charge in [0.1, 0.15) is 11.6 Å². The number of phenolic OH excluding ortho intramolecular Hbond substituents is 1. The summed E-state index contributed by atoms with van der Waals surface area (Å²) < 4.78 is 13.3. The third kappa shape index (κ3) is 5.48. The summed E-state index contributed by atoms with van der Waals surface area (Å²) in [6, 6.07) is 23.0. The van der Waals surface area contributed by atoms with Crippen molar-refractivity contribution in [1.82, 2.24) is 14.9 Å². The van der Waals surface area contributed by atoms with E-state index in [-0.39, 0.29) is 23.9 Å². The Morgan fingerprint density at radius 3 is 2.38 bits per heavy atom. The van der Waals surface area contributed by atoms with Crippen molar-refractivity contribution in [2.45, 2.75) is 25.7 Å². The Morgan fingerprint density at radius 1 is 0.929 bits per heavy atom. The summed E-state index contributed by atoms with van der Waals surface area (Å²) in [5.41, 5.74) is 4.89. The normalized spacial score (nSPS) is 14.6. The second kappa shape index (κ2) is 11.1. The number of aliphatic carboxylic acids is 1. The van der Waals surface area contributed by atoms with E-state index in [1.165, 1.54) is 12.1 Å². The maximum absolute atomic E-state index is 13.3. The molecular weight excluding hydrogens is 533 g/mol. The van der Waals surface area contributed by atoms with Gasteiger partial charge in [0, 0.05) is 47.6 Å². The van der Waals surface area contributed by atoms with Gasteiger partial charge in [-0.15, -0.1) is 0 Å². The van der Waals surface area contributed by atoms with Crippen LogP contribution in [-0.4, -0.2) is 50.0 Å². The van der Waals surface area contributed by atoms with Crippen LogP contribution in [0, 0.1) is 11.2 Å². The number of rotatable bonds is 7. The van der Waals surface area contributed by atoms with Gasteiger partial charge < -0.3 is 20.1 Å². The molecule has 212 valence electrons. The van der Waals surface area contributed by atoms with Crippen molar-refractivity contribution in [3.8, 4) is 28.1 Å². The van der Waals surface area contributed by atoms with Crippen LogP contribution in [0.4, 0.5) is 4.39 Å². The van der Waals surface area contributed by atoms with Gasteiger partial charge in [0.15, 0.2) is 0 Å². The number of H-pyrrole nitrogens is 1. The van der Waals surface area contributed by atoms with Crippen molar-refractivity contribution in [2.75, 3.05) is 13.1 Å². The number of hydrogen-bond donors (Lipinski definition) is 3. The number of halogens is 1. The molecule has 0 aliphatic carbocycles. The van der Waals surface area contributed by atoms with E-state index in [9.17, 15) is 24.2 Å². The molecule has 0 unspecified atom stereocenters. The monoisotopic (exact) mass is 563 g/mol. The standard InChI is InChI=1S/C34H30FN3O4/c35-27-7-4-22(5-8-27)20-34(33(41)42)11-14-38(15-12-34)32(40)17-23-6-9-28(31(39)16-23)24-2-1-3-25(18-24)30-19-26-21-36-13-10-29(26)37-30/h1-10,13,16,18-19,21,37,39H,11-12,14-15,17,20H2,(H,41,42). The summed E-state index contributed by atoms with van der Waals surface area (Å²) in [5, 5.41) is 21.9. The molecule has 5 aromatic rings. The van der Waals surface area contributed by atoms with E-state index in [1.54, 1.807) is 29.3 Å². The topological polar surface area (TPSA) is 107 Å². The molecule has 1 amide bonds. The van der Waals surface area contributed by atoms with Gasteiger partial charge in [-0.25, -0.2) is 4.39 Å². The average Bonchev–Trinajstić information content (AvgIpc) is 3.43. The van der Waals surface area contributed by atoms with Crippen molar-refractivity contribution in [2.24, 2.45) is 5.41 Å². The van der Waals surface area contributed by atoms with Crippen LogP contribution in [0.15, 0.2) is 91.3 Å². The summed E-state index contributed by atoms with van der Waals surface area (Å²) in [7, 11) is 0. The number of benzene rings is 3. The number of nitrogens with zero attached hydrogens (tertiary/aromatic N) is 2. The highest BCUT2D eigenvalue weighted by Crippen LogP contribution is 2.37. The number of carbonyl (C=O) groups is 2. The smallest absolute Gasteiger partial charge is 0.310 e. The van der Waals surface area contributed by atoms with Gasteiger partial charge >= 0.3 is 5.97 Å². The molecule has 1 fully saturated rings. The number of hydrogen-bond acceptors (Lipinski definition) is 4. The van der Waals surface area contributed by atoms with Crippen molar-refractivity contribution in [1.29, 1.82) is 0 Å². The van der Waals surface area contributed by atoms with E-state index in [1.807, 2.05) is 54.7 Å². The quantitative estimate of drug-likeness (QED) is 0.218. The molecule has 0 bridgehead atoms. The number of fused-ring (bicyclic) bond motifs is 1. The predicted molar refractivity (Wildman–Crippen MR) is 158 cm³/mol. The van der Waals surface area contributed by atoms with Crippen LogP contribution in [0.25, 0.3) is 33.3 Å². The van der Waals surface area contributed by atoms with E-state index in [4.69, 9.17) is 0 Å². The van der Waals surface area contributed by atoms with Crippen LogP contribution in [0.2, 0.25) is 0 Å². The lowest BCUT2D eigenvalue weighted by Gasteiger charge is -2.39. The lowest BCUT2D eigenvalue weighted by molar-refractivity contribution is -0.154. The zero-order chi connectivity index (χ0) is 29.3. The number of amides is 1. The Balaban J connectivity index is 1.12. The fourth-order valence-corrected chi connectivity index (χ4v) is 5.84. The lowest BCUT2D eigenvalue weighted by Crippen LogP contribution is -2.48. The fraction of sp³-hybridized carbons (Fsp3) is 0.206. The van der Waals surface area contributed by atoms with E-state index < -0.39 is 11.4 Å². The zero-order valence-corrected chi connectivity index (χ0v) is 22.9. The van der Waals surface area contributed by atoms with Crippen LogP contribution in [0.1, 0.15) is 24.0 Å². The van der Waals surface area contributed by atoms with Crippen molar-refractivity contribution < 1.29 is 24.2 Å². The summed E-state index contributed by atoms with van der Waals surface area (Å²) in [6.45, 7) is 0.653. The number of aromatic hydroxyl groups is 1. The first-order valence-corrected chi connectivity index (χ1v) is 13.9. The minimum atomic E-state index is -0.993. The lowest BCUT2D eigenvalue weighted by atomic mass is 9.73. The molecule has 3 aromatic carbocycles. The maximum Gasteiger partial charge on any atom is 0.310 e. The number of carboxylic acids is 1. The number of aromatic nitrogens is 2. The number of likely N-dealkylation sites (tertiary alicyclic amines) is 1. The molecule has 3 N–H and O–H groups in total. The number of carbonyl (C=O) groups excluding carboxylic acids is 1. The number of carboxylic acid groups (broad SMARTS) is 1. The second-order valence-electron chi connectivity index (χ2n) is 11.0. The summed E-state index contributed by atoms with van der Waals surface area (Å²) in [6.07, 6.45) is 4.59. The van der Waals surface area contributed by atoms with Crippen molar-refractivity contribution >= 4 is 22.8 Å². The van der Waals surface area contributed by atoms with Crippen LogP contribution < -0.4 is 0 Å². The van der Waals surface area contributed by atoms with Crippen molar-refractivity contribution in [3.63, 3.8) is 0 Å². The predicted octanol–water partition coefficient (Wildman–Crippen LogP) is 6.22. The van der Waals surface area contributed by atoms with Gasteiger partial charge in [0.25, 0.3) is 0 Å². The molecule has 0 radical (unpaired) electrons. The second-order valence-corrected chi connectivity index (χ2v) is 11.0. The summed E-state index contributed by atoms with van der Waals surface area (Å²) >= 11 is 0. The number of pyridine rings is 1. The highest BCUT2D eigenvalue weighted by Gasteiger charge is 2.42. The molecule has 1 aliphatic heterocycles. The van der Waals surface area contributed by atoms with E-state index in [0.717, 1.165) is 33.3 Å². The highest BCUT2D eigenvalue weighted by molar-refractivity contribution is 5.86. The average molecular weight is 564 g/mol. The minimum absolute atomic E-state index is 0.0844. The number of nitrogens with one attached hydrogen (secondary N) is 1. The SMILES string of the molecule is O=C(Cc1ccc(-c2cccc(-c3cc4cnccc4[nH]3)c2)c(O)c1)N1CCC(Cc2ccc(F)cc2)(C(=O)O)CC1. The molecule has 3 heterocycles. The van der Waals surface area contributed by atoms with Gasteiger partial charge in [0.2, 0.25) is 5.91 Å². The molecule has 2 aromatic heterocycles. The Labute approximate surface area is 242 Å². The fourth-order valence-electron chi connectivity index (χ4n) is 5.84. The van der Waals surface area contributed by atoms with Gasteiger partial charge in [-0.1, -0.05) is 42.5 Å². The third-order valence-electron chi connectivity index (χ3n) is 8.31. The molecule has 1 saturated heterocycles. The van der Waals surface area contributed by atoms with E-state index in [0.29, 0.717) is 43.5 Å². The highest BCUT2D eigenvalue weighted by atomic mass is 19.1. The van der Waals surface area contributed by atoms with Crippen LogP contribution in [0.5, 0.6) is 5.75 Å². The Morgan fingerprint density at radius 2 is 1.67 bits per heavy atom. The van der Waals surface area contributed by atoms with Gasteiger partial charge in [-0.05, 0) is 77.9 Å². The van der Waals surface area contributed by atoms with Gasteiger partial charge in [-0.2, -0.15) is 0 Å². The number of phenols is 1. The van der Waals surface area contributed by atoms with Crippen LogP contribution >= 0.6 is 0 Å². The van der Waals surface area contributed by atoms with E-state index in [2.05, 4.69) is 9.97 Å². The van der Waals surface area contributed by atoms with Gasteiger partial charge in [0.05, 0.1) is 11.8 Å². The Bertz CT molecular complexity index is 1740. The first-order valence-electron chi connectivity index (χ1n) is 13.9. The van der Waals surface area contributed by atoms with E-state index >= 15 is 0 Å². The largest absolute Gasteiger partial charge is 0.507 e. The Kier molecular flexibility index (Phi) is 7.20. The molecule has 1 aliphatic rings. The summed E-state index contributed by atoms with van der Waals surface area (Å²) in [4.78, 5) is 34.6. The van der Waals surface area contributed by atoms with Crippen LogP contribution in [0.3, 0.4) is 0 Å². The maximum atomic E-state index is 13.3. The zero-order valence-electron chi connectivity index (χ0n) is 22.9. The number of piperidine rings is 1. The molecule has 0 spiro atoms. The summed E-state index contributed by atoms with van der Waals surface area (Å²) in [5.74, 6) is -1.29. The molecule has 7 nitrogen and oxygen atoms in total. The molecule has 6 rings (SSSR count). The first-order chi connectivity index (χ1) is 20.3. The van der Waals surface area contributed by atoms with Crippen LogP contribution in [-0.2, 0) is 22.4 Å².